The van der Waals surface area contributed by atoms with Gasteiger partial charge in [-0.25, -0.2) is 4.79 Å². The maximum absolute atomic E-state index is 10.7. The quantitative estimate of drug-likeness (QED) is 0.450. The molecule has 13 heavy (non-hydrogen) atoms. The van der Waals surface area contributed by atoms with E-state index in [0.717, 1.165) is 12.8 Å². The van der Waals surface area contributed by atoms with Gasteiger partial charge in [0.25, 0.3) is 0 Å². The highest BCUT2D eigenvalue weighted by molar-refractivity contribution is 5.81. The van der Waals surface area contributed by atoms with Gasteiger partial charge in [0.1, 0.15) is 0 Å². The van der Waals surface area contributed by atoms with E-state index in [2.05, 4.69) is 13.5 Å². The minimum Gasteiger partial charge on any atom is -0.462 e. The van der Waals surface area contributed by atoms with Gasteiger partial charge >= 0.3 is 5.97 Å². The van der Waals surface area contributed by atoms with Crippen molar-refractivity contribution in [3.63, 3.8) is 0 Å². The molecule has 0 aliphatic heterocycles. The Morgan fingerprint density at radius 2 is 2.23 bits per heavy atom. The van der Waals surface area contributed by atoms with Crippen molar-refractivity contribution in [2.24, 2.45) is 0 Å². The first-order chi connectivity index (χ1) is 6.24. The van der Waals surface area contributed by atoms with E-state index in [1.165, 1.54) is 6.08 Å². The molecule has 1 atom stereocenters. The van der Waals surface area contributed by atoms with Crippen molar-refractivity contribution in [3.8, 4) is 0 Å². The number of esters is 1. The molecule has 0 rings (SSSR count). The van der Waals surface area contributed by atoms with Crippen molar-refractivity contribution in [2.75, 3.05) is 13.2 Å². The Labute approximate surface area is 79.7 Å². The Kier molecular flexibility index (Phi) is 7.30. The number of carbonyl (C=O) groups excluding carboxylic acids is 1. The molecule has 0 heterocycles. The summed E-state index contributed by atoms with van der Waals surface area (Å²) in [6.07, 6.45) is 3.06. The number of rotatable bonds is 7. The van der Waals surface area contributed by atoms with E-state index in [9.17, 15) is 4.79 Å². The summed E-state index contributed by atoms with van der Waals surface area (Å²) < 4.78 is 10.2. The molecule has 0 aliphatic rings. The fourth-order valence-corrected chi connectivity index (χ4v) is 0.991. The highest BCUT2D eigenvalue weighted by atomic mass is 16.5. The number of carbonyl (C=O) groups is 1. The Hall–Kier alpha value is -0.830. The fourth-order valence-electron chi connectivity index (χ4n) is 0.991. The summed E-state index contributed by atoms with van der Waals surface area (Å²) in [6.45, 7) is 8.43. The van der Waals surface area contributed by atoms with Gasteiger partial charge in [-0.1, -0.05) is 13.5 Å². The van der Waals surface area contributed by atoms with Crippen molar-refractivity contribution in [1.29, 1.82) is 0 Å². The third kappa shape index (κ3) is 6.34. The zero-order chi connectivity index (χ0) is 10.1. The van der Waals surface area contributed by atoms with Crippen molar-refractivity contribution in [1.82, 2.24) is 0 Å². The molecule has 0 spiro atoms. The van der Waals surface area contributed by atoms with Crippen molar-refractivity contribution in [2.45, 2.75) is 32.8 Å². The lowest BCUT2D eigenvalue weighted by Crippen LogP contribution is -2.15. The van der Waals surface area contributed by atoms with E-state index >= 15 is 0 Å². The average molecular weight is 186 g/mol. The molecule has 1 unspecified atom stereocenters. The number of hydrogen-bond acceptors (Lipinski definition) is 3. The molecule has 0 aromatic heterocycles. The first kappa shape index (κ1) is 12.2. The van der Waals surface area contributed by atoms with E-state index in [4.69, 9.17) is 9.47 Å². The maximum atomic E-state index is 10.7. The predicted molar refractivity (Wildman–Crippen MR) is 51.5 cm³/mol. The summed E-state index contributed by atoms with van der Waals surface area (Å²) in [5, 5.41) is 0. The standard InChI is InChI=1S/C10H18O3/c1-4-9(12-6-3)7-8-13-10(11)5-2/h5,9H,2,4,6-8H2,1,3H3. The Bertz CT molecular complexity index is 154. The highest BCUT2D eigenvalue weighted by Gasteiger charge is 2.05. The minimum absolute atomic E-state index is 0.197. The van der Waals surface area contributed by atoms with Gasteiger partial charge in [-0.05, 0) is 13.3 Å². The first-order valence-corrected chi connectivity index (χ1v) is 4.65. The number of hydrogen-bond donors (Lipinski definition) is 0. The molecular formula is C10H18O3. The van der Waals surface area contributed by atoms with E-state index in [-0.39, 0.29) is 12.1 Å². The van der Waals surface area contributed by atoms with Crippen LogP contribution >= 0.6 is 0 Å². The van der Waals surface area contributed by atoms with Gasteiger partial charge in [-0.2, -0.15) is 0 Å². The average Bonchev–Trinajstić information content (AvgIpc) is 2.16. The second-order valence-electron chi connectivity index (χ2n) is 2.65. The molecule has 0 radical (unpaired) electrons. The molecule has 0 aliphatic carbocycles. The molecule has 3 nitrogen and oxygen atoms in total. The topological polar surface area (TPSA) is 35.5 Å². The lowest BCUT2D eigenvalue weighted by Gasteiger charge is -2.14. The smallest absolute Gasteiger partial charge is 0.330 e. The second-order valence-corrected chi connectivity index (χ2v) is 2.65. The van der Waals surface area contributed by atoms with E-state index in [1.54, 1.807) is 0 Å². The van der Waals surface area contributed by atoms with Crippen LogP contribution < -0.4 is 0 Å². The molecule has 0 fully saturated rings. The highest BCUT2D eigenvalue weighted by Crippen LogP contribution is 2.03. The van der Waals surface area contributed by atoms with E-state index in [0.29, 0.717) is 13.2 Å². The summed E-state index contributed by atoms with van der Waals surface area (Å²) in [7, 11) is 0. The van der Waals surface area contributed by atoms with Crippen molar-refractivity contribution < 1.29 is 14.3 Å². The lowest BCUT2D eigenvalue weighted by molar-refractivity contribution is -0.138. The van der Waals surface area contributed by atoms with Crippen LogP contribution in [0.3, 0.4) is 0 Å². The molecule has 76 valence electrons. The predicted octanol–water partition coefficient (Wildman–Crippen LogP) is 1.92. The van der Waals surface area contributed by atoms with Gasteiger partial charge in [0.15, 0.2) is 0 Å². The molecule has 0 bridgehead atoms. The van der Waals surface area contributed by atoms with Gasteiger partial charge < -0.3 is 9.47 Å². The summed E-state index contributed by atoms with van der Waals surface area (Å²) >= 11 is 0. The summed E-state index contributed by atoms with van der Waals surface area (Å²) in [6, 6.07) is 0. The first-order valence-electron chi connectivity index (χ1n) is 4.65. The molecule has 0 aromatic rings. The molecule has 0 aromatic carbocycles. The Morgan fingerprint density at radius 1 is 1.54 bits per heavy atom. The van der Waals surface area contributed by atoms with Gasteiger partial charge in [0, 0.05) is 19.1 Å². The van der Waals surface area contributed by atoms with Crippen molar-refractivity contribution in [3.05, 3.63) is 12.7 Å². The lowest BCUT2D eigenvalue weighted by atomic mass is 10.2. The zero-order valence-corrected chi connectivity index (χ0v) is 8.41. The van der Waals surface area contributed by atoms with Crippen LogP contribution in [-0.2, 0) is 14.3 Å². The van der Waals surface area contributed by atoms with Crippen LogP contribution in [0.4, 0.5) is 0 Å². The zero-order valence-electron chi connectivity index (χ0n) is 8.41. The molecular weight excluding hydrogens is 168 g/mol. The summed E-state index contributed by atoms with van der Waals surface area (Å²) in [4.78, 5) is 10.7. The van der Waals surface area contributed by atoms with Crippen LogP contribution in [0.2, 0.25) is 0 Å². The van der Waals surface area contributed by atoms with Gasteiger partial charge in [-0.15, -0.1) is 0 Å². The second kappa shape index (κ2) is 7.80. The third-order valence-electron chi connectivity index (χ3n) is 1.71. The third-order valence-corrected chi connectivity index (χ3v) is 1.71. The van der Waals surface area contributed by atoms with Crippen LogP contribution in [0.5, 0.6) is 0 Å². The molecule has 0 N–H and O–H groups in total. The minimum atomic E-state index is -0.369. The molecule has 0 saturated heterocycles. The van der Waals surface area contributed by atoms with Crippen LogP contribution in [0, 0.1) is 0 Å². The van der Waals surface area contributed by atoms with Gasteiger partial charge in [0.2, 0.25) is 0 Å². The van der Waals surface area contributed by atoms with Crippen LogP contribution in [0.25, 0.3) is 0 Å². The summed E-state index contributed by atoms with van der Waals surface area (Å²) in [5.74, 6) is -0.369. The van der Waals surface area contributed by atoms with Crippen molar-refractivity contribution >= 4 is 5.97 Å². The maximum Gasteiger partial charge on any atom is 0.330 e. The van der Waals surface area contributed by atoms with Gasteiger partial charge in [0.05, 0.1) is 12.7 Å². The van der Waals surface area contributed by atoms with Crippen LogP contribution in [0.15, 0.2) is 12.7 Å². The molecule has 0 amide bonds. The molecule has 0 saturated carbocycles. The Balaban J connectivity index is 3.48. The normalized spacial score (nSPS) is 12.2. The molecule has 3 heteroatoms. The monoisotopic (exact) mass is 186 g/mol. The van der Waals surface area contributed by atoms with Crippen LogP contribution in [-0.4, -0.2) is 25.3 Å². The summed E-state index contributed by atoms with van der Waals surface area (Å²) in [5.41, 5.74) is 0. The van der Waals surface area contributed by atoms with Gasteiger partial charge in [-0.3, -0.25) is 0 Å². The van der Waals surface area contributed by atoms with E-state index < -0.39 is 0 Å². The largest absolute Gasteiger partial charge is 0.462 e. The van der Waals surface area contributed by atoms with E-state index in [1.807, 2.05) is 6.92 Å². The van der Waals surface area contributed by atoms with Crippen LogP contribution in [0.1, 0.15) is 26.7 Å². The SMILES string of the molecule is C=CC(=O)OCCC(CC)OCC. The Morgan fingerprint density at radius 3 is 2.69 bits per heavy atom. The fraction of sp³-hybridized carbons (Fsp3) is 0.700. The number of ether oxygens (including phenoxy) is 2.